The summed E-state index contributed by atoms with van der Waals surface area (Å²) < 4.78 is 19.3. The van der Waals surface area contributed by atoms with Gasteiger partial charge in [-0.25, -0.2) is 4.39 Å². The minimum Gasteiger partial charge on any atom is -0.494 e. The Hall–Kier alpha value is -1.26. The molecular formula is C15H14BrClFNO. The fraction of sp³-hybridized carbons (Fsp3) is 0.200. The zero-order valence-electron chi connectivity index (χ0n) is 11.1. The lowest BCUT2D eigenvalue weighted by Crippen LogP contribution is -2.08. The zero-order valence-corrected chi connectivity index (χ0v) is 13.4. The Labute approximate surface area is 131 Å². The van der Waals surface area contributed by atoms with Crippen LogP contribution in [-0.2, 0) is 0 Å². The van der Waals surface area contributed by atoms with E-state index >= 15 is 0 Å². The molecule has 0 aromatic heterocycles. The maximum absolute atomic E-state index is 13.2. The maximum atomic E-state index is 13.2. The maximum Gasteiger partial charge on any atom is 0.144 e. The summed E-state index contributed by atoms with van der Waals surface area (Å²) in [5.41, 5.74) is 1.68. The standard InChI is InChI=1S/C15H14BrClFNO/c1-9(12-5-3-10(16)7-13(12)17)19-14-6-4-11(18)8-15(14)20-2/h3-9,19H,1-2H3. The number of ether oxygens (including phenoxy) is 1. The Bertz CT molecular complexity index is 621. The molecule has 0 fully saturated rings. The number of nitrogens with one attached hydrogen (secondary N) is 1. The third-order valence-electron chi connectivity index (χ3n) is 2.96. The molecule has 0 amide bonds. The molecule has 0 heterocycles. The summed E-state index contributed by atoms with van der Waals surface area (Å²) in [5.74, 6) is 0.131. The van der Waals surface area contributed by atoms with E-state index in [0.717, 1.165) is 15.7 Å². The third-order valence-corrected chi connectivity index (χ3v) is 3.79. The molecule has 2 rings (SSSR count). The van der Waals surface area contributed by atoms with Crippen molar-refractivity contribution in [3.63, 3.8) is 0 Å². The lowest BCUT2D eigenvalue weighted by Gasteiger charge is -2.19. The fourth-order valence-corrected chi connectivity index (χ4v) is 2.79. The van der Waals surface area contributed by atoms with Gasteiger partial charge in [0.1, 0.15) is 11.6 Å². The Morgan fingerprint density at radius 3 is 2.65 bits per heavy atom. The molecule has 0 radical (unpaired) electrons. The Kier molecular flexibility index (Phi) is 4.89. The molecule has 0 aliphatic carbocycles. The molecule has 0 spiro atoms. The molecule has 0 aliphatic heterocycles. The van der Waals surface area contributed by atoms with Crippen LogP contribution >= 0.6 is 27.5 Å². The van der Waals surface area contributed by atoms with Crippen LogP contribution in [0.5, 0.6) is 5.75 Å². The van der Waals surface area contributed by atoms with E-state index in [9.17, 15) is 4.39 Å². The number of hydrogen-bond acceptors (Lipinski definition) is 2. The van der Waals surface area contributed by atoms with Crippen molar-refractivity contribution >= 4 is 33.2 Å². The van der Waals surface area contributed by atoms with Gasteiger partial charge in [0.05, 0.1) is 18.8 Å². The predicted octanol–water partition coefficient (Wildman–Crippen LogP) is 5.42. The quantitative estimate of drug-likeness (QED) is 0.787. The highest BCUT2D eigenvalue weighted by molar-refractivity contribution is 9.10. The highest BCUT2D eigenvalue weighted by atomic mass is 79.9. The third kappa shape index (κ3) is 3.44. The second kappa shape index (κ2) is 6.46. The van der Waals surface area contributed by atoms with E-state index in [1.54, 1.807) is 6.07 Å². The van der Waals surface area contributed by atoms with Crippen molar-refractivity contribution in [1.82, 2.24) is 0 Å². The van der Waals surface area contributed by atoms with Crippen LogP contribution < -0.4 is 10.1 Å². The van der Waals surface area contributed by atoms with Gasteiger partial charge < -0.3 is 10.1 Å². The van der Waals surface area contributed by atoms with Crippen molar-refractivity contribution < 1.29 is 9.13 Å². The van der Waals surface area contributed by atoms with E-state index in [0.29, 0.717) is 10.8 Å². The van der Waals surface area contributed by atoms with Crippen LogP contribution in [-0.4, -0.2) is 7.11 Å². The smallest absolute Gasteiger partial charge is 0.144 e. The highest BCUT2D eigenvalue weighted by Crippen LogP contribution is 2.32. The topological polar surface area (TPSA) is 21.3 Å². The van der Waals surface area contributed by atoms with Gasteiger partial charge in [-0.05, 0) is 36.8 Å². The van der Waals surface area contributed by atoms with E-state index in [1.807, 2.05) is 25.1 Å². The summed E-state index contributed by atoms with van der Waals surface area (Å²) in [5, 5.41) is 3.94. The van der Waals surface area contributed by atoms with Gasteiger partial charge in [0.25, 0.3) is 0 Å². The van der Waals surface area contributed by atoms with Crippen molar-refractivity contribution in [2.45, 2.75) is 13.0 Å². The van der Waals surface area contributed by atoms with Gasteiger partial charge in [-0.2, -0.15) is 0 Å². The van der Waals surface area contributed by atoms with Crippen LogP contribution in [0.1, 0.15) is 18.5 Å². The van der Waals surface area contributed by atoms with Gasteiger partial charge in [0, 0.05) is 15.6 Å². The monoisotopic (exact) mass is 357 g/mol. The molecule has 2 aromatic rings. The molecule has 2 aromatic carbocycles. The van der Waals surface area contributed by atoms with Gasteiger partial charge in [-0.15, -0.1) is 0 Å². The molecule has 0 aliphatic rings. The van der Waals surface area contributed by atoms with Crippen molar-refractivity contribution in [3.05, 3.63) is 57.3 Å². The van der Waals surface area contributed by atoms with E-state index in [1.165, 1.54) is 19.2 Å². The van der Waals surface area contributed by atoms with Gasteiger partial charge in [-0.3, -0.25) is 0 Å². The average Bonchev–Trinajstić information content (AvgIpc) is 2.40. The van der Waals surface area contributed by atoms with Crippen molar-refractivity contribution in [2.24, 2.45) is 0 Å². The van der Waals surface area contributed by atoms with Crippen LogP contribution in [0.25, 0.3) is 0 Å². The number of methoxy groups -OCH3 is 1. The first-order valence-corrected chi connectivity index (χ1v) is 7.23. The van der Waals surface area contributed by atoms with Crippen LogP contribution in [0.15, 0.2) is 40.9 Å². The number of halogens is 3. The summed E-state index contributed by atoms with van der Waals surface area (Å²) in [7, 11) is 1.51. The van der Waals surface area contributed by atoms with Gasteiger partial charge in [-0.1, -0.05) is 33.6 Å². The number of benzene rings is 2. The SMILES string of the molecule is COc1cc(F)ccc1NC(C)c1ccc(Br)cc1Cl. The van der Waals surface area contributed by atoms with E-state index in [-0.39, 0.29) is 11.9 Å². The van der Waals surface area contributed by atoms with Gasteiger partial charge in [0.15, 0.2) is 0 Å². The number of rotatable bonds is 4. The molecule has 1 unspecified atom stereocenters. The molecule has 5 heteroatoms. The Balaban J connectivity index is 2.25. The Morgan fingerprint density at radius 1 is 1.25 bits per heavy atom. The Morgan fingerprint density at radius 2 is 2.00 bits per heavy atom. The molecule has 106 valence electrons. The molecule has 0 saturated heterocycles. The minimum absolute atomic E-state index is 0.0324. The summed E-state index contributed by atoms with van der Waals surface area (Å²) in [6.07, 6.45) is 0. The minimum atomic E-state index is -0.332. The molecule has 1 N–H and O–H groups in total. The van der Waals surface area contributed by atoms with Crippen molar-refractivity contribution in [3.8, 4) is 5.75 Å². The predicted molar refractivity (Wildman–Crippen MR) is 84.1 cm³/mol. The average molecular weight is 359 g/mol. The van der Waals surface area contributed by atoms with E-state index < -0.39 is 0 Å². The molecular weight excluding hydrogens is 345 g/mol. The van der Waals surface area contributed by atoms with Crippen molar-refractivity contribution in [1.29, 1.82) is 0 Å². The lowest BCUT2D eigenvalue weighted by atomic mass is 10.1. The molecule has 2 nitrogen and oxygen atoms in total. The second-order valence-corrected chi connectivity index (χ2v) is 5.70. The molecule has 20 heavy (non-hydrogen) atoms. The summed E-state index contributed by atoms with van der Waals surface area (Å²) >= 11 is 9.60. The second-order valence-electron chi connectivity index (χ2n) is 4.38. The summed E-state index contributed by atoms with van der Waals surface area (Å²) in [6.45, 7) is 1.98. The van der Waals surface area contributed by atoms with Gasteiger partial charge >= 0.3 is 0 Å². The summed E-state index contributed by atoms with van der Waals surface area (Å²) in [6, 6.07) is 10.1. The van der Waals surface area contributed by atoms with E-state index in [4.69, 9.17) is 16.3 Å². The van der Waals surface area contributed by atoms with Crippen LogP contribution in [0.3, 0.4) is 0 Å². The fourth-order valence-electron chi connectivity index (χ4n) is 1.95. The molecule has 1 atom stereocenters. The first-order valence-electron chi connectivity index (χ1n) is 6.06. The largest absolute Gasteiger partial charge is 0.494 e. The van der Waals surface area contributed by atoms with Crippen molar-refractivity contribution in [2.75, 3.05) is 12.4 Å². The zero-order chi connectivity index (χ0) is 14.7. The van der Waals surface area contributed by atoms with Gasteiger partial charge in [0.2, 0.25) is 0 Å². The van der Waals surface area contributed by atoms with E-state index in [2.05, 4.69) is 21.2 Å². The molecule has 0 bridgehead atoms. The summed E-state index contributed by atoms with van der Waals surface area (Å²) in [4.78, 5) is 0. The number of anilines is 1. The first-order chi connectivity index (χ1) is 9.51. The van der Waals surface area contributed by atoms with Crippen LogP contribution in [0.4, 0.5) is 10.1 Å². The molecule has 0 saturated carbocycles. The highest BCUT2D eigenvalue weighted by Gasteiger charge is 2.12. The number of hydrogen-bond donors (Lipinski definition) is 1. The normalized spacial score (nSPS) is 12.1. The van der Waals surface area contributed by atoms with Crippen LogP contribution in [0.2, 0.25) is 5.02 Å². The first kappa shape index (κ1) is 15.1. The lowest BCUT2D eigenvalue weighted by molar-refractivity contribution is 0.412. The van der Waals surface area contributed by atoms with Crippen LogP contribution in [0, 0.1) is 5.82 Å².